The fourth-order valence-electron chi connectivity index (χ4n) is 3.40. The van der Waals surface area contributed by atoms with E-state index in [0.717, 1.165) is 11.3 Å². The number of hydrogen-bond donors (Lipinski definition) is 1. The smallest absolute Gasteiger partial charge is 0.344 e. The third-order valence-corrected chi connectivity index (χ3v) is 5.31. The molecule has 0 bridgehead atoms. The van der Waals surface area contributed by atoms with E-state index in [-0.39, 0.29) is 12.4 Å². The summed E-state index contributed by atoms with van der Waals surface area (Å²) in [5.74, 6) is -0.242. The lowest BCUT2D eigenvalue weighted by molar-refractivity contribution is -0.149. The molecule has 3 rings (SSSR count). The molecule has 1 aromatic heterocycles. The van der Waals surface area contributed by atoms with E-state index in [1.807, 2.05) is 13.8 Å². The third kappa shape index (κ3) is 6.60. The Morgan fingerprint density at radius 1 is 1.00 bits per heavy atom. The van der Waals surface area contributed by atoms with E-state index in [4.69, 9.17) is 14.2 Å². The van der Waals surface area contributed by atoms with Crippen LogP contribution in [0.3, 0.4) is 0 Å². The number of nitrogens with zero attached hydrogens (tertiary/aromatic N) is 2. The van der Waals surface area contributed by atoms with E-state index < -0.39 is 18.5 Å². The molecule has 182 valence electrons. The summed E-state index contributed by atoms with van der Waals surface area (Å²) < 4.78 is 30.7. The van der Waals surface area contributed by atoms with E-state index in [2.05, 4.69) is 11.4 Å². The number of rotatable bonds is 10. The summed E-state index contributed by atoms with van der Waals surface area (Å²) in [7, 11) is 0. The molecule has 0 atom stereocenters. The first-order chi connectivity index (χ1) is 16.8. The number of nitriles is 1. The van der Waals surface area contributed by atoms with E-state index in [0.29, 0.717) is 41.6 Å². The van der Waals surface area contributed by atoms with Gasteiger partial charge in [0, 0.05) is 12.2 Å². The minimum Gasteiger partial charge on any atom is -0.494 e. The molecule has 8 nitrogen and oxygen atoms in total. The molecule has 0 spiro atoms. The van der Waals surface area contributed by atoms with Crippen LogP contribution in [0, 0.1) is 31.0 Å². The van der Waals surface area contributed by atoms with Crippen LogP contribution in [-0.2, 0) is 20.9 Å². The molecular formula is C26H26FN3O5. The summed E-state index contributed by atoms with van der Waals surface area (Å²) in [6.07, 6.45) is 0. The largest absolute Gasteiger partial charge is 0.494 e. The highest BCUT2D eigenvalue weighted by molar-refractivity contribution is 5.93. The summed E-state index contributed by atoms with van der Waals surface area (Å²) in [5, 5.41) is 12.3. The summed E-state index contributed by atoms with van der Waals surface area (Å²) in [6, 6.07) is 14.8. The Morgan fingerprint density at radius 2 is 1.63 bits per heavy atom. The van der Waals surface area contributed by atoms with Gasteiger partial charge >= 0.3 is 5.97 Å². The molecule has 0 saturated carbocycles. The van der Waals surface area contributed by atoms with Crippen molar-refractivity contribution < 1.29 is 28.2 Å². The molecule has 3 aromatic rings. The van der Waals surface area contributed by atoms with Crippen molar-refractivity contribution in [1.82, 2.24) is 4.57 Å². The molecule has 35 heavy (non-hydrogen) atoms. The highest BCUT2D eigenvalue weighted by atomic mass is 19.1. The number of carbonyl (C=O) groups is 2. The topological polar surface area (TPSA) is 103 Å². The van der Waals surface area contributed by atoms with Gasteiger partial charge in [0.05, 0.1) is 12.2 Å². The van der Waals surface area contributed by atoms with Crippen molar-refractivity contribution in [2.24, 2.45) is 0 Å². The van der Waals surface area contributed by atoms with Gasteiger partial charge in [-0.25, -0.2) is 9.18 Å². The highest BCUT2D eigenvalue weighted by Crippen LogP contribution is 2.27. The van der Waals surface area contributed by atoms with E-state index >= 15 is 0 Å². The average Bonchev–Trinajstić information content (AvgIpc) is 3.07. The van der Waals surface area contributed by atoms with Crippen molar-refractivity contribution in [2.75, 3.05) is 25.1 Å². The van der Waals surface area contributed by atoms with Crippen LogP contribution in [0.25, 0.3) is 0 Å². The highest BCUT2D eigenvalue weighted by Gasteiger charge is 2.20. The van der Waals surface area contributed by atoms with Gasteiger partial charge in [0.1, 0.15) is 29.2 Å². The van der Waals surface area contributed by atoms with E-state index in [1.54, 1.807) is 47.9 Å². The Hall–Kier alpha value is -4.32. The maximum absolute atomic E-state index is 13.3. The minimum absolute atomic E-state index is 0.290. The lowest BCUT2D eigenvalue weighted by Crippen LogP contribution is -2.25. The number of aromatic nitrogens is 1. The zero-order chi connectivity index (χ0) is 25.4. The van der Waals surface area contributed by atoms with Gasteiger partial charge in [0.15, 0.2) is 13.2 Å². The number of anilines is 1. The van der Waals surface area contributed by atoms with Crippen molar-refractivity contribution >= 4 is 17.7 Å². The standard InChI is InChI=1S/C26H26FN3O5/c1-4-33-21-9-11-22(12-10-21)34-16-25(32)35-15-24(31)29-26-23(13-28)17(2)18(3)30(26)14-19-5-7-20(27)8-6-19/h5-12H,4,14-16H2,1-3H3,(H,29,31). The third-order valence-electron chi connectivity index (χ3n) is 5.31. The first kappa shape index (κ1) is 25.3. The van der Waals surface area contributed by atoms with Gasteiger partial charge in [-0.15, -0.1) is 0 Å². The number of amides is 1. The van der Waals surface area contributed by atoms with Crippen LogP contribution in [0.1, 0.15) is 29.3 Å². The van der Waals surface area contributed by atoms with Crippen LogP contribution in [0.4, 0.5) is 10.2 Å². The van der Waals surface area contributed by atoms with E-state index in [9.17, 15) is 19.2 Å². The number of halogens is 1. The van der Waals surface area contributed by atoms with Gasteiger partial charge in [-0.3, -0.25) is 4.79 Å². The van der Waals surface area contributed by atoms with Crippen LogP contribution >= 0.6 is 0 Å². The van der Waals surface area contributed by atoms with Gasteiger partial charge in [-0.05, 0) is 68.3 Å². The SMILES string of the molecule is CCOc1ccc(OCC(=O)OCC(=O)Nc2c(C#N)c(C)c(C)n2Cc2ccc(F)cc2)cc1. The molecule has 0 radical (unpaired) electrons. The number of carbonyl (C=O) groups excluding carboxylic acids is 2. The van der Waals surface area contributed by atoms with Gasteiger partial charge in [0.25, 0.3) is 5.91 Å². The molecular weight excluding hydrogens is 453 g/mol. The quantitative estimate of drug-likeness (QED) is 0.439. The van der Waals surface area contributed by atoms with E-state index in [1.165, 1.54) is 12.1 Å². The maximum atomic E-state index is 13.3. The van der Waals surface area contributed by atoms with Crippen LogP contribution < -0.4 is 14.8 Å². The zero-order valence-corrected chi connectivity index (χ0v) is 19.8. The summed E-state index contributed by atoms with van der Waals surface area (Å²) in [4.78, 5) is 24.5. The number of ether oxygens (including phenoxy) is 3. The first-order valence-electron chi connectivity index (χ1n) is 11.0. The average molecular weight is 480 g/mol. The predicted molar refractivity (Wildman–Crippen MR) is 127 cm³/mol. The second kappa shape index (κ2) is 11.7. The Bertz CT molecular complexity index is 1230. The molecule has 0 aliphatic carbocycles. The second-order valence-electron chi connectivity index (χ2n) is 7.66. The first-order valence-corrected chi connectivity index (χ1v) is 11.0. The zero-order valence-electron chi connectivity index (χ0n) is 19.8. The second-order valence-corrected chi connectivity index (χ2v) is 7.66. The number of hydrogen-bond acceptors (Lipinski definition) is 6. The number of benzene rings is 2. The Morgan fingerprint density at radius 3 is 2.23 bits per heavy atom. The molecule has 1 heterocycles. The monoisotopic (exact) mass is 479 g/mol. The molecule has 0 aliphatic heterocycles. The van der Waals surface area contributed by atoms with Gasteiger partial charge in [-0.1, -0.05) is 12.1 Å². The Balaban J connectivity index is 1.59. The Kier molecular flexibility index (Phi) is 8.46. The number of esters is 1. The van der Waals surface area contributed by atoms with Crippen molar-refractivity contribution in [3.8, 4) is 17.6 Å². The predicted octanol–water partition coefficient (Wildman–Crippen LogP) is 4.12. The molecule has 0 fully saturated rings. The molecule has 0 aliphatic rings. The molecule has 1 amide bonds. The fraction of sp³-hybridized carbons (Fsp3) is 0.269. The van der Waals surface area contributed by atoms with Crippen molar-refractivity contribution in [2.45, 2.75) is 27.3 Å². The molecule has 9 heteroatoms. The molecule has 0 saturated heterocycles. The van der Waals surface area contributed by atoms with Crippen LogP contribution in [-0.4, -0.2) is 36.3 Å². The van der Waals surface area contributed by atoms with Crippen molar-refractivity contribution in [3.05, 3.63) is 76.7 Å². The summed E-state index contributed by atoms with van der Waals surface area (Å²) >= 11 is 0. The molecule has 2 aromatic carbocycles. The lowest BCUT2D eigenvalue weighted by atomic mass is 10.2. The summed E-state index contributed by atoms with van der Waals surface area (Å²) in [5.41, 5.74) is 2.60. The van der Waals surface area contributed by atoms with Crippen molar-refractivity contribution in [3.63, 3.8) is 0 Å². The van der Waals surface area contributed by atoms with Crippen LogP contribution in [0.15, 0.2) is 48.5 Å². The van der Waals surface area contributed by atoms with Gasteiger partial charge in [-0.2, -0.15) is 5.26 Å². The van der Waals surface area contributed by atoms with Gasteiger partial charge < -0.3 is 24.1 Å². The fourth-order valence-corrected chi connectivity index (χ4v) is 3.40. The van der Waals surface area contributed by atoms with Gasteiger partial charge in [0.2, 0.25) is 0 Å². The van der Waals surface area contributed by atoms with Crippen LogP contribution in [0.2, 0.25) is 0 Å². The summed E-state index contributed by atoms with van der Waals surface area (Å²) in [6.45, 7) is 5.43. The minimum atomic E-state index is -0.719. The Labute approximate surface area is 202 Å². The molecule has 1 N–H and O–H groups in total. The normalized spacial score (nSPS) is 10.4. The maximum Gasteiger partial charge on any atom is 0.344 e. The van der Waals surface area contributed by atoms with Crippen LogP contribution in [0.5, 0.6) is 11.5 Å². The number of nitrogens with one attached hydrogen (secondary N) is 1. The van der Waals surface area contributed by atoms with Crippen molar-refractivity contribution in [1.29, 1.82) is 5.26 Å². The molecule has 0 unspecified atom stereocenters. The lowest BCUT2D eigenvalue weighted by Gasteiger charge is -2.13.